The Balaban J connectivity index is 0.00000120. The number of hydrogen-bond donors (Lipinski definition) is 1. The maximum atomic E-state index is 13.4. The first-order valence-corrected chi connectivity index (χ1v) is 9.66. The minimum Gasteiger partial charge on any atom is -0.338 e. The number of rotatable bonds is 2. The SMILES string of the molecule is Cc1ccc(-c2cc(C(=O)N3C[C@H]4CNC[C@H]4C3)c3ccccc3n2)cc1.Cl.Cl. The zero-order chi connectivity index (χ0) is 18.4. The molecule has 5 rings (SSSR count). The molecule has 3 aromatic rings. The molecule has 4 nitrogen and oxygen atoms in total. The summed E-state index contributed by atoms with van der Waals surface area (Å²) in [5, 5.41) is 4.38. The fourth-order valence-electron chi connectivity index (χ4n) is 4.42. The molecule has 29 heavy (non-hydrogen) atoms. The number of likely N-dealkylation sites (tertiary alicyclic amines) is 1. The Morgan fingerprint density at radius 2 is 1.66 bits per heavy atom. The fourth-order valence-corrected chi connectivity index (χ4v) is 4.42. The van der Waals surface area contributed by atoms with Crippen LogP contribution in [0.4, 0.5) is 0 Å². The lowest BCUT2D eigenvalue weighted by atomic mass is 10.0. The summed E-state index contributed by atoms with van der Waals surface area (Å²) in [6.45, 7) is 5.84. The number of benzene rings is 2. The summed E-state index contributed by atoms with van der Waals surface area (Å²) in [6, 6.07) is 18.3. The molecule has 1 N–H and O–H groups in total. The summed E-state index contributed by atoms with van der Waals surface area (Å²) < 4.78 is 0. The molecular formula is C23H25Cl2N3O. The van der Waals surface area contributed by atoms with Crippen LogP contribution in [-0.2, 0) is 0 Å². The van der Waals surface area contributed by atoms with Gasteiger partial charge in [0.1, 0.15) is 0 Å². The van der Waals surface area contributed by atoms with E-state index >= 15 is 0 Å². The van der Waals surface area contributed by atoms with Crippen molar-refractivity contribution in [3.8, 4) is 11.3 Å². The second-order valence-corrected chi connectivity index (χ2v) is 7.83. The number of amides is 1. The average molecular weight is 430 g/mol. The molecule has 0 unspecified atom stereocenters. The molecule has 0 radical (unpaired) electrons. The summed E-state index contributed by atoms with van der Waals surface area (Å²) in [7, 11) is 0. The van der Waals surface area contributed by atoms with Gasteiger partial charge in [0.2, 0.25) is 0 Å². The third kappa shape index (κ3) is 3.97. The second-order valence-electron chi connectivity index (χ2n) is 7.83. The molecule has 0 aliphatic carbocycles. The Kier molecular flexibility index (Phi) is 6.47. The van der Waals surface area contributed by atoms with E-state index in [9.17, 15) is 4.79 Å². The van der Waals surface area contributed by atoms with E-state index in [0.717, 1.165) is 53.9 Å². The van der Waals surface area contributed by atoms with Gasteiger partial charge in [-0.1, -0.05) is 48.0 Å². The van der Waals surface area contributed by atoms with E-state index in [1.807, 2.05) is 35.2 Å². The maximum Gasteiger partial charge on any atom is 0.254 e. The number of para-hydroxylation sites is 1. The van der Waals surface area contributed by atoms with Gasteiger partial charge in [-0.25, -0.2) is 4.98 Å². The highest BCUT2D eigenvalue weighted by molar-refractivity contribution is 6.07. The van der Waals surface area contributed by atoms with Gasteiger partial charge in [-0.05, 0) is 30.9 Å². The van der Waals surface area contributed by atoms with Crippen LogP contribution in [0.5, 0.6) is 0 Å². The lowest BCUT2D eigenvalue weighted by molar-refractivity contribution is 0.0783. The van der Waals surface area contributed by atoms with Crippen molar-refractivity contribution in [2.45, 2.75) is 6.92 Å². The van der Waals surface area contributed by atoms with E-state index in [0.29, 0.717) is 11.8 Å². The number of aryl methyl sites for hydroxylation is 1. The van der Waals surface area contributed by atoms with Gasteiger partial charge in [-0.2, -0.15) is 0 Å². The molecule has 1 amide bonds. The van der Waals surface area contributed by atoms with E-state index in [2.05, 4.69) is 36.5 Å². The van der Waals surface area contributed by atoms with Gasteiger partial charge in [0, 0.05) is 37.1 Å². The number of halogens is 2. The molecule has 0 spiro atoms. The minimum atomic E-state index is 0. The topological polar surface area (TPSA) is 45.2 Å². The highest BCUT2D eigenvalue weighted by atomic mass is 35.5. The van der Waals surface area contributed by atoms with Crippen LogP contribution >= 0.6 is 24.8 Å². The van der Waals surface area contributed by atoms with Crippen molar-refractivity contribution in [2.24, 2.45) is 11.8 Å². The third-order valence-electron chi connectivity index (χ3n) is 5.97. The van der Waals surface area contributed by atoms with Crippen molar-refractivity contribution in [1.82, 2.24) is 15.2 Å². The molecule has 2 fully saturated rings. The maximum absolute atomic E-state index is 13.4. The number of carbonyl (C=O) groups excluding carboxylic acids is 1. The Morgan fingerprint density at radius 1 is 1.00 bits per heavy atom. The highest BCUT2D eigenvalue weighted by Gasteiger charge is 2.38. The van der Waals surface area contributed by atoms with E-state index in [1.54, 1.807) is 0 Å². The number of aromatic nitrogens is 1. The van der Waals surface area contributed by atoms with Gasteiger partial charge in [-0.3, -0.25) is 4.79 Å². The number of nitrogens with zero attached hydrogens (tertiary/aromatic N) is 2. The fraction of sp³-hybridized carbons (Fsp3) is 0.304. The van der Waals surface area contributed by atoms with Crippen molar-refractivity contribution in [3.05, 3.63) is 65.7 Å². The first-order valence-electron chi connectivity index (χ1n) is 9.66. The molecule has 2 aromatic carbocycles. The van der Waals surface area contributed by atoms with Gasteiger partial charge in [0.25, 0.3) is 5.91 Å². The Labute approximate surface area is 183 Å². The zero-order valence-corrected chi connectivity index (χ0v) is 17.9. The number of carbonyl (C=O) groups is 1. The van der Waals surface area contributed by atoms with Crippen LogP contribution in [0, 0.1) is 18.8 Å². The third-order valence-corrected chi connectivity index (χ3v) is 5.97. The number of pyridine rings is 1. The monoisotopic (exact) mass is 429 g/mol. The zero-order valence-electron chi connectivity index (χ0n) is 16.3. The van der Waals surface area contributed by atoms with Crippen LogP contribution in [0.25, 0.3) is 22.2 Å². The minimum absolute atomic E-state index is 0. The molecule has 0 bridgehead atoms. The summed E-state index contributed by atoms with van der Waals surface area (Å²) in [5.74, 6) is 1.33. The molecule has 3 heterocycles. The normalized spacial score (nSPS) is 20.1. The Bertz CT molecular complexity index is 1010. The smallest absolute Gasteiger partial charge is 0.254 e. The van der Waals surface area contributed by atoms with Crippen molar-refractivity contribution in [2.75, 3.05) is 26.2 Å². The van der Waals surface area contributed by atoms with Gasteiger partial charge >= 0.3 is 0 Å². The summed E-state index contributed by atoms with van der Waals surface area (Å²) in [5.41, 5.74) is 4.76. The molecule has 1 aromatic heterocycles. The van der Waals surface area contributed by atoms with E-state index in [-0.39, 0.29) is 30.7 Å². The molecule has 6 heteroatoms. The van der Waals surface area contributed by atoms with Crippen LogP contribution < -0.4 is 5.32 Å². The summed E-state index contributed by atoms with van der Waals surface area (Å²) in [6.07, 6.45) is 0. The molecule has 2 saturated heterocycles. The van der Waals surface area contributed by atoms with E-state index in [4.69, 9.17) is 4.98 Å². The van der Waals surface area contributed by atoms with Crippen molar-refractivity contribution in [3.63, 3.8) is 0 Å². The lowest BCUT2D eigenvalue weighted by Gasteiger charge is -2.19. The second kappa shape index (κ2) is 8.70. The Hall–Kier alpha value is -2.14. The van der Waals surface area contributed by atoms with Gasteiger partial charge in [-0.15, -0.1) is 24.8 Å². The molecule has 2 aliphatic rings. The number of fused-ring (bicyclic) bond motifs is 2. The lowest BCUT2D eigenvalue weighted by Crippen LogP contribution is -2.32. The summed E-state index contributed by atoms with van der Waals surface area (Å²) >= 11 is 0. The van der Waals surface area contributed by atoms with Crippen molar-refractivity contribution < 1.29 is 4.79 Å². The average Bonchev–Trinajstić information content (AvgIpc) is 3.29. The molecular weight excluding hydrogens is 405 g/mol. The molecule has 152 valence electrons. The van der Waals surface area contributed by atoms with Crippen molar-refractivity contribution in [1.29, 1.82) is 0 Å². The largest absolute Gasteiger partial charge is 0.338 e. The molecule has 2 aliphatic heterocycles. The quantitative estimate of drug-likeness (QED) is 0.658. The van der Waals surface area contributed by atoms with Crippen LogP contribution in [0.15, 0.2) is 54.6 Å². The van der Waals surface area contributed by atoms with E-state index < -0.39 is 0 Å². The highest BCUT2D eigenvalue weighted by Crippen LogP contribution is 2.30. The predicted molar refractivity (Wildman–Crippen MR) is 122 cm³/mol. The number of hydrogen-bond acceptors (Lipinski definition) is 3. The Morgan fingerprint density at radius 3 is 2.34 bits per heavy atom. The van der Waals surface area contributed by atoms with Gasteiger partial charge in [0.05, 0.1) is 16.8 Å². The summed E-state index contributed by atoms with van der Waals surface area (Å²) in [4.78, 5) is 20.3. The van der Waals surface area contributed by atoms with Crippen LogP contribution in [0.1, 0.15) is 15.9 Å². The van der Waals surface area contributed by atoms with Crippen LogP contribution in [0.3, 0.4) is 0 Å². The first-order chi connectivity index (χ1) is 13.2. The van der Waals surface area contributed by atoms with Crippen molar-refractivity contribution >= 4 is 41.6 Å². The van der Waals surface area contributed by atoms with Gasteiger partial charge < -0.3 is 10.2 Å². The number of nitrogens with one attached hydrogen (secondary N) is 1. The predicted octanol–water partition coefficient (Wildman–Crippen LogP) is 4.35. The van der Waals surface area contributed by atoms with E-state index in [1.165, 1.54) is 5.56 Å². The standard InChI is InChI=1S/C23H23N3O.2ClH/c1-15-6-8-16(9-7-15)22-10-20(19-4-2-3-5-21(19)25-22)23(27)26-13-17-11-24-12-18(17)14-26;;/h2-10,17-18,24H,11-14H2,1H3;2*1H/t17-,18+;;. The first kappa shape index (κ1) is 21.6. The molecule has 2 atom stereocenters. The van der Waals surface area contributed by atoms with Crippen LogP contribution in [-0.4, -0.2) is 42.0 Å². The van der Waals surface area contributed by atoms with Crippen LogP contribution in [0.2, 0.25) is 0 Å². The van der Waals surface area contributed by atoms with Gasteiger partial charge in [0.15, 0.2) is 0 Å². The molecule has 0 saturated carbocycles.